The van der Waals surface area contributed by atoms with Crippen LogP contribution < -0.4 is 20.5 Å². The van der Waals surface area contributed by atoms with Gasteiger partial charge in [0.1, 0.15) is 0 Å². The zero-order valence-corrected chi connectivity index (χ0v) is 18.7. The van der Waals surface area contributed by atoms with Crippen LogP contribution in [0.3, 0.4) is 0 Å². The normalized spacial score (nSPS) is 13.5. The maximum Gasteiger partial charge on any atom is 0.490 e. The monoisotopic (exact) mass is 494 g/mol. The highest BCUT2D eigenvalue weighted by atomic mass is 19.4. The SMILES string of the molecule is CC#CCn1c(N2CCNCC2)nc2nc(Oc3ncccn3)n(C)c(=O)c21.O=C(O)C(F)(F)F. The van der Waals surface area contributed by atoms with Crippen LogP contribution in [-0.2, 0) is 18.4 Å². The summed E-state index contributed by atoms with van der Waals surface area (Å²) in [6.45, 7) is 5.44. The van der Waals surface area contributed by atoms with Gasteiger partial charge in [0.25, 0.3) is 5.56 Å². The van der Waals surface area contributed by atoms with Gasteiger partial charge in [-0.3, -0.25) is 13.9 Å². The molecule has 4 rings (SSSR count). The molecule has 35 heavy (non-hydrogen) atoms. The Morgan fingerprint density at radius 1 is 1.23 bits per heavy atom. The quantitative estimate of drug-likeness (QED) is 0.500. The number of carbonyl (C=O) groups is 1. The average Bonchev–Trinajstić information content (AvgIpc) is 3.20. The van der Waals surface area contributed by atoms with Crippen molar-refractivity contribution in [2.24, 2.45) is 7.05 Å². The molecule has 15 heteroatoms. The van der Waals surface area contributed by atoms with Crippen molar-refractivity contribution < 1.29 is 27.8 Å². The number of halogens is 3. The van der Waals surface area contributed by atoms with Crippen molar-refractivity contribution in [3.63, 3.8) is 0 Å². The van der Waals surface area contributed by atoms with Crippen molar-refractivity contribution >= 4 is 23.1 Å². The van der Waals surface area contributed by atoms with Gasteiger partial charge in [0.15, 0.2) is 11.2 Å². The number of imidazole rings is 1. The predicted octanol–water partition coefficient (Wildman–Crippen LogP) is 0.778. The minimum atomic E-state index is -5.08. The Balaban J connectivity index is 0.000000429. The number of aromatic nitrogens is 6. The standard InChI is InChI=1S/C18H20N8O2.C2HF3O2/c1-3-4-10-26-13-14(22-17(26)25-11-8-19-9-12-25)23-18(24(2)15(13)27)28-16-20-6-5-7-21-16;3-2(4,5)1(6)7/h5-7,19H,8-12H2,1-2H3;(H,6,7). The van der Waals surface area contributed by atoms with E-state index in [1.54, 1.807) is 32.4 Å². The number of rotatable bonds is 4. The van der Waals surface area contributed by atoms with E-state index in [-0.39, 0.29) is 17.6 Å². The van der Waals surface area contributed by atoms with Crippen molar-refractivity contribution in [3.8, 4) is 23.9 Å². The molecule has 3 aromatic heterocycles. The molecule has 0 unspecified atom stereocenters. The second-order valence-electron chi connectivity index (χ2n) is 7.03. The number of carboxylic acid groups (broad SMARTS) is 1. The van der Waals surface area contributed by atoms with Crippen LogP contribution in [0.15, 0.2) is 23.3 Å². The average molecular weight is 494 g/mol. The summed E-state index contributed by atoms with van der Waals surface area (Å²) in [6, 6.07) is 1.88. The Bertz CT molecular complexity index is 1310. The number of fused-ring (bicyclic) bond motifs is 1. The molecule has 4 heterocycles. The molecule has 1 aliphatic rings. The lowest BCUT2D eigenvalue weighted by molar-refractivity contribution is -0.192. The van der Waals surface area contributed by atoms with Crippen molar-refractivity contribution in [2.45, 2.75) is 19.6 Å². The highest BCUT2D eigenvalue weighted by Crippen LogP contribution is 2.22. The molecule has 1 saturated heterocycles. The van der Waals surface area contributed by atoms with Crippen LogP contribution in [0.1, 0.15) is 6.92 Å². The van der Waals surface area contributed by atoms with E-state index in [0.29, 0.717) is 23.7 Å². The number of hydrogen-bond acceptors (Lipinski definition) is 9. The molecular weight excluding hydrogens is 473 g/mol. The molecule has 3 aromatic rings. The number of hydrogen-bond donors (Lipinski definition) is 2. The fraction of sp³-hybridized carbons (Fsp3) is 0.400. The van der Waals surface area contributed by atoms with E-state index in [4.69, 9.17) is 14.6 Å². The molecule has 0 atom stereocenters. The van der Waals surface area contributed by atoms with Gasteiger partial charge in [-0.2, -0.15) is 23.1 Å². The number of aliphatic carboxylic acids is 1. The van der Waals surface area contributed by atoms with Crippen molar-refractivity contribution in [1.29, 1.82) is 0 Å². The lowest BCUT2D eigenvalue weighted by Gasteiger charge is -2.28. The predicted molar refractivity (Wildman–Crippen MR) is 117 cm³/mol. The summed E-state index contributed by atoms with van der Waals surface area (Å²) in [7, 11) is 1.60. The molecule has 1 fully saturated rings. The second-order valence-corrected chi connectivity index (χ2v) is 7.03. The fourth-order valence-corrected chi connectivity index (χ4v) is 3.05. The van der Waals surface area contributed by atoms with E-state index in [9.17, 15) is 18.0 Å². The van der Waals surface area contributed by atoms with Gasteiger partial charge >= 0.3 is 24.2 Å². The zero-order valence-electron chi connectivity index (χ0n) is 18.7. The minimum absolute atomic E-state index is 0.0850. The van der Waals surface area contributed by atoms with Crippen LogP contribution in [0.25, 0.3) is 11.2 Å². The van der Waals surface area contributed by atoms with Crippen LogP contribution >= 0.6 is 0 Å². The summed E-state index contributed by atoms with van der Waals surface area (Å²) in [5.74, 6) is 3.84. The van der Waals surface area contributed by atoms with Gasteiger partial charge < -0.3 is 20.1 Å². The number of piperazine rings is 1. The number of nitrogens with one attached hydrogen (secondary N) is 1. The first-order valence-corrected chi connectivity index (χ1v) is 10.2. The minimum Gasteiger partial charge on any atom is -0.475 e. The lowest BCUT2D eigenvalue weighted by Crippen LogP contribution is -2.44. The summed E-state index contributed by atoms with van der Waals surface area (Å²) in [5, 5.41) is 10.4. The van der Waals surface area contributed by atoms with E-state index in [1.165, 1.54) is 4.57 Å². The molecule has 0 bridgehead atoms. The van der Waals surface area contributed by atoms with Gasteiger partial charge in [-0.15, -0.1) is 5.92 Å². The number of anilines is 1. The topological polar surface area (TPSA) is 140 Å². The molecule has 0 spiro atoms. The van der Waals surface area contributed by atoms with Crippen LogP contribution in [0.5, 0.6) is 12.0 Å². The van der Waals surface area contributed by atoms with Crippen molar-refractivity contribution in [1.82, 2.24) is 34.4 Å². The van der Waals surface area contributed by atoms with E-state index in [1.807, 2.05) is 4.57 Å². The fourth-order valence-electron chi connectivity index (χ4n) is 3.05. The van der Waals surface area contributed by atoms with Crippen molar-refractivity contribution in [3.05, 3.63) is 28.8 Å². The molecular formula is C20H21F3N8O4. The van der Waals surface area contributed by atoms with Crippen molar-refractivity contribution in [2.75, 3.05) is 31.1 Å². The van der Waals surface area contributed by atoms with Crippen LogP contribution in [-0.4, -0.2) is 72.5 Å². The molecule has 0 radical (unpaired) electrons. The summed E-state index contributed by atoms with van der Waals surface area (Å²) in [4.78, 5) is 41.2. The molecule has 0 aromatic carbocycles. The van der Waals surface area contributed by atoms with Gasteiger partial charge in [0, 0.05) is 45.6 Å². The first kappa shape index (κ1) is 25.4. The maximum atomic E-state index is 13.1. The number of alkyl halides is 3. The highest BCUT2D eigenvalue weighted by Gasteiger charge is 2.38. The van der Waals surface area contributed by atoms with Gasteiger partial charge in [-0.05, 0) is 13.0 Å². The highest BCUT2D eigenvalue weighted by molar-refractivity contribution is 5.75. The third-order valence-corrected chi connectivity index (χ3v) is 4.71. The second kappa shape index (κ2) is 10.8. The summed E-state index contributed by atoms with van der Waals surface area (Å²) in [5.41, 5.74) is 0.461. The van der Waals surface area contributed by atoms with Gasteiger partial charge in [-0.1, -0.05) is 5.92 Å². The van der Waals surface area contributed by atoms with E-state index < -0.39 is 12.1 Å². The number of nitrogens with zero attached hydrogens (tertiary/aromatic N) is 7. The Hall–Kier alpha value is -4.19. The van der Waals surface area contributed by atoms with Gasteiger partial charge in [0.05, 0.1) is 6.54 Å². The van der Waals surface area contributed by atoms with E-state index in [0.717, 1.165) is 26.2 Å². The van der Waals surface area contributed by atoms with Crippen LogP contribution in [0, 0.1) is 11.8 Å². The number of ether oxygens (including phenoxy) is 1. The summed E-state index contributed by atoms with van der Waals surface area (Å²) in [6.07, 6.45) is -1.97. The maximum absolute atomic E-state index is 13.1. The van der Waals surface area contributed by atoms with E-state index in [2.05, 4.69) is 42.0 Å². The Morgan fingerprint density at radius 3 is 2.43 bits per heavy atom. The molecule has 0 saturated carbocycles. The molecule has 0 amide bonds. The zero-order chi connectivity index (χ0) is 25.6. The lowest BCUT2D eigenvalue weighted by atomic mass is 10.4. The first-order valence-electron chi connectivity index (χ1n) is 10.2. The third-order valence-electron chi connectivity index (χ3n) is 4.71. The third kappa shape index (κ3) is 6.03. The Labute approximate surface area is 196 Å². The molecule has 12 nitrogen and oxygen atoms in total. The van der Waals surface area contributed by atoms with Gasteiger partial charge in [0.2, 0.25) is 5.95 Å². The molecule has 186 valence electrons. The van der Waals surface area contributed by atoms with Crippen LogP contribution in [0.4, 0.5) is 19.1 Å². The Kier molecular flexibility index (Phi) is 7.87. The molecule has 2 N–H and O–H groups in total. The smallest absolute Gasteiger partial charge is 0.475 e. The molecule has 0 aliphatic carbocycles. The summed E-state index contributed by atoms with van der Waals surface area (Å²) >= 11 is 0. The Morgan fingerprint density at radius 2 is 1.86 bits per heavy atom. The number of carboxylic acids is 1. The van der Waals surface area contributed by atoms with Crippen LogP contribution in [0.2, 0.25) is 0 Å². The van der Waals surface area contributed by atoms with Gasteiger partial charge in [-0.25, -0.2) is 14.8 Å². The summed E-state index contributed by atoms with van der Waals surface area (Å²) < 4.78 is 40.5. The van der Waals surface area contributed by atoms with E-state index >= 15 is 0 Å². The largest absolute Gasteiger partial charge is 0.490 e. The first-order chi connectivity index (χ1) is 16.6. The molecule has 1 aliphatic heterocycles.